The zero-order valence-electron chi connectivity index (χ0n) is 12.7. The minimum Gasteiger partial charge on any atom is -0.357 e. The molecule has 2 aromatic heterocycles. The molecule has 0 aliphatic rings. The summed E-state index contributed by atoms with van der Waals surface area (Å²) in [4.78, 5) is 12.0. The fraction of sp³-hybridized carbons (Fsp3) is 0.200. The van der Waals surface area contributed by atoms with Crippen LogP contribution in [0.1, 0.15) is 0 Å². The van der Waals surface area contributed by atoms with Crippen molar-refractivity contribution in [3.05, 3.63) is 36.5 Å². The average Bonchev–Trinajstić information content (AvgIpc) is 2.95. The average molecular weight is 315 g/mol. The molecule has 0 spiro atoms. The Balaban J connectivity index is 2.11. The highest BCUT2D eigenvalue weighted by Gasteiger charge is 2.17. The van der Waals surface area contributed by atoms with Gasteiger partial charge in [0.25, 0.3) is 0 Å². The van der Waals surface area contributed by atoms with E-state index in [0.717, 1.165) is 22.0 Å². The molecule has 0 bridgehead atoms. The van der Waals surface area contributed by atoms with E-state index in [2.05, 4.69) is 25.6 Å². The summed E-state index contributed by atoms with van der Waals surface area (Å²) in [6, 6.07) is 9.48. The van der Waals surface area contributed by atoms with Crippen molar-refractivity contribution in [2.24, 2.45) is 0 Å². The van der Waals surface area contributed by atoms with Crippen molar-refractivity contribution in [3.63, 3.8) is 0 Å². The molecule has 0 amide bonds. The smallest absolute Gasteiger partial charge is 0.225 e. The summed E-state index contributed by atoms with van der Waals surface area (Å²) < 4.78 is 12.5. The highest BCUT2D eigenvalue weighted by atomic mass is 31.2. The first-order chi connectivity index (χ1) is 10.5. The van der Waals surface area contributed by atoms with Crippen molar-refractivity contribution in [3.8, 4) is 0 Å². The zero-order chi connectivity index (χ0) is 15.7. The van der Waals surface area contributed by atoms with Crippen LogP contribution in [0.15, 0.2) is 36.5 Å². The standard InChI is InChI=1S/C15H18N5OP/c1-16-15-19-11-8-9-17-13(11)14(20-15)18-10-6-4-5-7-12(10)22(2,3)21/h4-9,17H,1-3H3,(H2,16,18,19,20). The normalized spacial score (nSPS) is 11.6. The van der Waals surface area contributed by atoms with E-state index >= 15 is 0 Å². The molecule has 0 atom stereocenters. The topological polar surface area (TPSA) is 82.7 Å². The Labute approximate surface area is 128 Å². The number of nitrogens with one attached hydrogen (secondary N) is 3. The lowest BCUT2D eigenvalue weighted by Gasteiger charge is -2.15. The van der Waals surface area contributed by atoms with E-state index in [4.69, 9.17) is 0 Å². The van der Waals surface area contributed by atoms with Gasteiger partial charge in [0.2, 0.25) is 5.95 Å². The van der Waals surface area contributed by atoms with Gasteiger partial charge in [-0.05, 0) is 31.5 Å². The quantitative estimate of drug-likeness (QED) is 0.645. The van der Waals surface area contributed by atoms with Crippen LogP contribution < -0.4 is 15.9 Å². The molecule has 0 radical (unpaired) electrons. The monoisotopic (exact) mass is 315 g/mol. The predicted molar refractivity (Wildman–Crippen MR) is 92.2 cm³/mol. The second-order valence-corrected chi connectivity index (χ2v) is 8.56. The van der Waals surface area contributed by atoms with Crippen LogP contribution in [0, 0.1) is 0 Å². The van der Waals surface area contributed by atoms with Crippen LogP contribution in [-0.2, 0) is 4.57 Å². The number of aromatic nitrogens is 3. The molecular weight excluding hydrogens is 297 g/mol. The lowest BCUT2D eigenvalue weighted by Crippen LogP contribution is -2.11. The van der Waals surface area contributed by atoms with Gasteiger partial charge in [-0.2, -0.15) is 4.98 Å². The molecule has 1 aromatic carbocycles. The predicted octanol–water partition coefficient (Wildman–Crippen LogP) is 2.99. The van der Waals surface area contributed by atoms with Crippen LogP contribution in [0.4, 0.5) is 17.5 Å². The lowest BCUT2D eigenvalue weighted by atomic mass is 10.3. The Hall–Kier alpha value is -2.33. The number of fused-ring (bicyclic) bond motifs is 1. The third kappa shape index (κ3) is 2.70. The van der Waals surface area contributed by atoms with Crippen molar-refractivity contribution in [1.29, 1.82) is 0 Å². The van der Waals surface area contributed by atoms with E-state index in [-0.39, 0.29) is 0 Å². The Bertz CT molecular complexity index is 867. The Morgan fingerprint density at radius 1 is 1.14 bits per heavy atom. The first-order valence-electron chi connectivity index (χ1n) is 6.93. The first kappa shape index (κ1) is 14.6. The van der Waals surface area contributed by atoms with Gasteiger partial charge in [0.15, 0.2) is 5.82 Å². The lowest BCUT2D eigenvalue weighted by molar-refractivity contribution is 0.588. The van der Waals surface area contributed by atoms with Crippen molar-refractivity contribution < 1.29 is 4.57 Å². The van der Waals surface area contributed by atoms with Gasteiger partial charge in [0.05, 0.1) is 11.2 Å². The van der Waals surface area contributed by atoms with Gasteiger partial charge in [-0.3, -0.25) is 0 Å². The van der Waals surface area contributed by atoms with Crippen LogP contribution in [-0.4, -0.2) is 35.3 Å². The van der Waals surface area contributed by atoms with Crippen LogP contribution in [0.3, 0.4) is 0 Å². The molecule has 22 heavy (non-hydrogen) atoms. The zero-order valence-corrected chi connectivity index (χ0v) is 13.6. The van der Waals surface area contributed by atoms with Gasteiger partial charge in [-0.1, -0.05) is 12.1 Å². The Kier molecular flexibility index (Phi) is 3.62. The fourth-order valence-electron chi connectivity index (χ4n) is 2.32. The van der Waals surface area contributed by atoms with Gasteiger partial charge >= 0.3 is 0 Å². The van der Waals surface area contributed by atoms with Gasteiger partial charge in [-0.25, -0.2) is 4.98 Å². The molecule has 0 unspecified atom stereocenters. The fourth-order valence-corrected chi connectivity index (χ4v) is 3.48. The number of benzene rings is 1. The molecule has 0 saturated heterocycles. The first-order valence-corrected chi connectivity index (χ1v) is 9.53. The summed E-state index contributed by atoms with van der Waals surface area (Å²) in [5.41, 5.74) is 2.43. The van der Waals surface area contributed by atoms with E-state index < -0.39 is 7.14 Å². The van der Waals surface area contributed by atoms with Gasteiger partial charge in [-0.15, -0.1) is 0 Å². The summed E-state index contributed by atoms with van der Waals surface area (Å²) in [6.45, 7) is 3.52. The largest absolute Gasteiger partial charge is 0.357 e. The van der Waals surface area contributed by atoms with Crippen molar-refractivity contribution in [1.82, 2.24) is 15.0 Å². The van der Waals surface area contributed by atoms with Gasteiger partial charge < -0.3 is 20.2 Å². The minimum absolute atomic E-state index is 0.531. The van der Waals surface area contributed by atoms with E-state index in [0.29, 0.717) is 11.8 Å². The number of hydrogen-bond donors (Lipinski definition) is 3. The second kappa shape index (κ2) is 5.46. The SMILES string of the molecule is CNc1nc(Nc2ccccc2P(C)(C)=O)c2[nH]ccc2n1. The number of aromatic amines is 1. The third-order valence-electron chi connectivity index (χ3n) is 3.37. The minimum atomic E-state index is -2.39. The molecule has 114 valence electrons. The van der Waals surface area contributed by atoms with Crippen LogP contribution in [0.2, 0.25) is 0 Å². The van der Waals surface area contributed by atoms with E-state index in [9.17, 15) is 4.57 Å². The Morgan fingerprint density at radius 2 is 1.91 bits per heavy atom. The summed E-state index contributed by atoms with van der Waals surface area (Å²) in [7, 11) is -0.613. The second-order valence-electron chi connectivity index (χ2n) is 5.38. The molecule has 0 saturated carbocycles. The maximum atomic E-state index is 12.5. The Morgan fingerprint density at radius 3 is 2.64 bits per heavy atom. The summed E-state index contributed by atoms with van der Waals surface area (Å²) in [6.07, 6.45) is 1.82. The molecule has 3 N–H and O–H groups in total. The molecule has 3 aromatic rings. The summed E-state index contributed by atoms with van der Waals surface area (Å²) in [5, 5.41) is 7.04. The van der Waals surface area contributed by atoms with Crippen molar-refractivity contribution in [2.45, 2.75) is 0 Å². The number of nitrogens with zero attached hydrogens (tertiary/aromatic N) is 2. The van der Waals surface area contributed by atoms with Gasteiger partial charge in [0, 0.05) is 18.5 Å². The molecule has 0 aliphatic heterocycles. The van der Waals surface area contributed by atoms with Crippen LogP contribution in [0.5, 0.6) is 0 Å². The molecular formula is C15H18N5OP. The van der Waals surface area contributed by atoms with Crippen LogP contribution >= 0.6 is 7.14 Å². The van der Waals surface area contributed by atoms with E-state index in [1.807, 2.05) is 36.5 Å². The van der Waals surface area contributed by atoms with Crippen molar-refractivity contribution >= 4 is 40.9 Å². The number of hydrogen-bond acceptors (Lipinski definition) is 5. The van der Waals surface area contributed by atoms with Crippen molar-refractivity contribution in [2.75, 3.05) is 31.0 Å². The summed E-state index contributed by atoms with van der Waals surface area (Å²) in [5.74, 6) is 1.18. The molecule has 6 nitrogen and oxygen atoms in total. The highest BCUT2D eigenvalue weighted by molar-refractivity contribution is 7.70. The number of rotatable bonds is 4. The van der Waals surface area contributed by atoms with Gasteiger partial charge in [0.1, 0.15) is 12.7 Å². The number of para-hydroxylation sites is 1. The number of H-pyrrole nitrogens is 1. The molecule has 7 heteroatoms. The molecule has 3 rings (SSSR count). The van der Waals surface area contributed by atoms with Crippen LogP contribution in [0.25, 0.3) is 11.0 Å². The molecule has 2 heterocycles. The third-order valence-corrected chi connectivity index (χ3v) is 4.92. The van der Waals surface area contributed by atoms with E-state index in [1.165, 1.54) is 0 Å². The maximum Gasteiger partial charge on any atom is 0.225 e. The number of anilines is 3. The highest BCUT2D eigenvalue weighted by Crippen LogP contribution is 2.38. The molecule has 0 fully saturated rings. The van der Waals surface area contributed by atoms with E-state index in [1.54, 1.807) is 20.4 Å². The summed E-state index contributed by atoms with van der Waals surface area (Å²) >= 11 is 0. The molecule has 0 aliphatic carbocycles. The maximum absolute atomic E-state index is 12.5.